The predicted molar refractivity (Wildman–Crippen MR) is 71.4 cm³/mol. The van der Waals surface area contributed by atoms with Gasteiger partial charge in [-0.1, -0.05) is 6.07 Å². The summed E-state index contributed by atoms with van der Waals surface area (Å²) in [6, 6.07) is 5.00. The number of imidazole rings is 1. The number of aromatic nitrogens is 2. The van der Waals surface area contributed by atoms with Crippen LogP contribution in [0.3, 0.4) is 0 Å². The summed E-state index contributed by atoms with van der Waals surface area (Å²) in [5.41, 5.74) is 1.01. The summed E-state index contributed by atoms with van der Waals surface area (Å²) in [4.78, 5) is 14.8. The first-order valence-corrected chi connectivity index (χ1v) is 7.81. The summed E-state index contributed by atoms with van der Waals surface area (Å²) < 4.78 is 29.9. The Hall–Kier alpha value is -1.76. The molecule has 1 aliphatic rings. The van der Waals surface area contributed by atoms with Gasteiger partial charge in [0.1, 0.15) is 11.3 Å². The molecule has 0 spiro atoms. The average molecular weight is 282 g/mol. The fourth-order valence-corrected chi connectivity index (χ4v) is 4.34. The standard InChI is InChI=1S/C12H14N2O4S/c1-18-10-4-2-3-9-11(10)14(12(15)13-9)8-5-6-19(16,17)7-8/h2-4,8H,5-7H2,1H3,(H,13,15). The number of benzene rings is 1. The third kappa shape index (κ3) is 1.94. The molecule has 1 unspecified atom stereocenters. The van der Waals surface area contributed by atoms with Crippen molar-refractivity contribution in [2.24, 2.45) is 0 Å². The zero-order chi connectivity index (χ0) is 13.6. The van der Waals surface area contributed by atoms with Crippen molar-refractivity contribution < 1.29 is 13.2 Å². The number of aromatic amines is 1. The van der Waals surface area contributed by atoms with Crippen molar-refractivity contribution in [3.63, 3.8) is 0 Å². The molecule has 1 N–H and O–H groups in total. The van der Waals surface area contributed by atoms with Crippen LogP contribution in [0.25, 0.3) is 11.0 Å². The van der Waals surface area contributed by atoms with Crippen molar-refractivity contribution in [3.8, 4) is 5.75 Å². The van der Waals surface area contributed by atoms with Gasteiger partial charge < -0.3 is 9.72 Å². The summed E-state index contributed by atoms with van der Waals surface area (Å²) in [5.74, 6) is 0.712. The van der Waals surface area contributed by atoms with Gasteiger partial charge in [-0.2, -0.15) is 0 Å². The summed E-state index contributed by atoms with van der Waals surface area (Å²) in [7, 11) is -1.51. The van der Waals surface area contributed by atoms with Crippen LogP contribution in [-0.4, -0.2) is 36.6 Å². The monoisotopic (exact) mass is 282 g/mol. The van der Waals surface area contributed by atoms with Gasteiger partial charge in [0.25, 0.3) is 0 Å². The molecule has 2 aromatic rings. The highest BCUT2D eigenvalue weighted by atomic mass is 32.2. The molecule has 7 heteroatoms. The SMILES string of the molecule is COc1cccc2[nH]c(=O)n(C3CCS(=O)(=O)C3)c12. The van der Waals surface area contributed by atoms with Crippen LogP contribution in [0.15, 0.2) is 23.0 Å². The van der Waals surface area contributed by atoms with Crippen molar-refractivity contribution in [1.82, 2.24) is 9.55 Å². The Balaban J connectivity index is 2.24. The number of fused-ring (bicyclic) bond motifs is 1. The van der Waals surface area contributed by atoms with Crippen LogP contribution in [0.2, 0.25) is 0 Å². The highest BCUT2D eigenvalue weighted by Crippen LogP contribution is 2.30. The number of hydrogen-bond donors (Lipinski definition) is 1. The van der Waals surface area contributed by atoms with Crippen LogP contribution in [-0.2, 0) is 9.84 Å². The Morgan fingerprint density at radius 1 is 1.42 bits per heavy atom. The van der Waals surface area contributed by atoms with E-state index in [9.17, 15) is 13.2 Å². The van der Waals surface area contributed by atoms with Gasteiger partial charge in [0.15, 0.2) is 9.84 Å². The van der Waals surface area contributed by atoms with Crippen molar-refractivity contribution in [1.29, 1.82) is 0 Å². The fraction of sp³-hybridized carbons (Fsp3) is 0.417. The van der Waals surface area contributed by atoms with E-state index in [2.05, 4.69) is 4.98 Å². The molecule has 1 atom stereocenters. The number of H-pyrrole nitrogens is 1. The van der Waals surface area contributed by atoms with Crippen LogP contribution < -0.4 is 10.4 Å². The van der Waals surface area contributed by atoms with E-state index in [0.717, 1.165) is 0 Å². The number of methoxy groups -OCH3 is 1. The lowest BCUT2D eigenvalue weighted by Crippen LogP contribution is -2.23. The smallest absolute Gasteiger partial charge is 0.326 e. The van der Waals surface area contributed by atoms with Gasteiger partial charge >= 0.3 is 5.69 Å². The number of nitrogens with zero attached hydrogens (tertiary/aromatic N) is 1. The molecule has 6 nitrogen and oxygen atoms in total. The molecule has 1 aromatic carbocycles. The molecular weight excluding hydrogens is 268 g/mol. The van der Waals surface area contributed by atoms with Gasteiger partial charge in [-0.3, -0.25) is 4.57 Å². The third-order valence-electron chi connectivity index (χ3n) is 3.49. The fourth-order valence-electron chi connectivity index (χ4n) is 2.64. The van der Waals surface area contributed by atoms with E-state index in [0.29, 0.717) is 23.2 Å². The molecule has 0 aliphatic carbocycles. The van der Waals surface area contributed by atoms with E-state index in [4.69, 9.17) is 4.74 Å². The Morgan fingerprint density at radius 2 is 2.21 bits per heavy atom. The molecule has 3 rings (SSSR count). The second kappa shape index (κ2) is 4.12. The summed E-state index contributed by atoms with van der Waals surface area (Å²) >= 11 is 0. The zero-order valence-corrected chi connectivity index (χ0v) is 11.2. The van der Waals surface area contributed by atoms with E-state index < -0.39 is 9.84 Å². The second-order valence-corrected chi connectivity index (χ2v) is 6.94. The first kappa shape index (κ1) is 12.3. The van der Waals surface area contributed by atoms with Gasteiger partial charge in [0, 0.05) is 0 Å². The molecule has 1 aromatic heterocycles. The minimum absolute atomic E-state index is 0.0118. The predicted octanol–water partition coefficient (Wildman–Crippen LogP) is 0.698. The van der Waals surface area contributed by atoms with E-state index in [1.807, 2.05) is 0 Å². The first-order valence-electron chi connectivity index (χ1n) is 5.99. The van der Waals surface area contributed by atoms with Crippen LogP contribution in [0, 0.1) is 0 Å². The molecule has 19 heavy (non-hydrogen) atoms. The molecule has 0 bridgehead atoms. The molecule has 0 saturated carbocycles. The average Bonchev–Trinajstić information content (AvgIpc) is 2.87. The lowest BCUT2D eigenvalue weighted by Gasteiger charge is -2.12. The van der Waals surface area contributed by atoms with Crippen LogP contribution in [0.4, 0.5) is 0 Å². The van der Waals surface area contributed by atoms with Gasteiger partial charge in [-0.05, 0) is 18.6 Å². The highest BCUT2D eigenvalue weighted by molar-refractivity contribution is 7.91. The maximum absolute atomic E-state index is 12.1. The molecular formula is C12H14N2O4S. The molecule has 102 valence electrons. The van der Waals surface area contributed by atoms with Crippen molar-refractivity contribution in [2.45, 2.75) is 12.5 Å². The first-order chi connectivity index (χ1) is 9.02. The van der Waals surface area contributed by atoms with Crippen molar-refractivity contribution in [3.05, 3.63) is 28.7 Å². The van der Waals surface area contributed by atoms with Gasteiger partial charge in [-0.25, -0.2) is 13.2 Å². The van der Waals surface area contributed by atoms with Gasteiger partial charge in [0.2, 0.25) is 0 Å². The van der Waals surface area contributed by atoms with E-state index in [-0.39, 0.29) is 23.2 Å². The maximum Gasteiger partial charge on any atom is 0.326 e. The summed E-state index contributed by atoms with van der Waals surface area (Å²) in [5, 5.41) is 0. The Labute approximate surface area is 109 Å². The maximum atomic E-state index is 12.1. The van der Waals surface area contributed by atoms with Gasteiger partial charge in [0.05, 0.1) is 30.2 Å². The number of nitrogens with one attached hydrogen (secondary N) is 1. The number of ether oxygens (including phenoxy) is 1. The Kier molecular flexibility index (Phi) is 2.67. The van der Waals surface area contributed by atoms with E-state index >= 15 is 0 Å². The van der Waals surface area contributed by atoms with Crippen molar-refractivity contribution in [2.75, 3.05) is 18.6 Å². The Bertz CT molecular complexity index is 788. The van der Waals surface area contributed by atoms with Crippen LogP contribution in [0.1, 0.15) is 12.5 Å². The van der Waals surface area contributed by atoms with E-state index in [1.165, 1.54) is 11.7 Å². The second-order valence-electron chi connectivity index (χ2n) is 4.71. The lowest BCUT2D eigenvalue weighted by atomic mass is 10.2. The molecule has 0 amide bonds. The lowest BCUT2D eigenvalue weighted by molar-refractivity contribution is 0.415. The largest absolute Gasteiger partial charge is 0.494 e. The highest BCUT2D eigenvalue weighted by Gasteiger charge is 2.31. The third-order valence-corrected chi connectivity index (χ3v) is 5.24. The minimum Gasteiger partial charge on any atom is -0.494 e. The molecule has 1 saturated heterocycles. The molecule has 1 aliphatic heterocycles. The quantitative estimate of drug-likeness (QED) is 0.879. The number of sulfone groups is 1. The Morgan fingerprint density at radius 3 is 2.84 bits per heavy atom. The van der Waals surface area contributed by atoms with Gasteiger partial charge in [-0.15, -0.1) is 0 Å². The zero-order valence-electron chi connectivity index (χ0n) is 10.4. The van der Waals surface area contributed by atoms with E-state index in [1.54, 1.807) is 18.2 Å². The topological polar surface area (TPSA) is 81.2 Å². The minimum atomic E-state index is -3.04. The molecule has 0 radical (unpaired) electrons. The normalized spacial score (nSPS) is 21.8. The number of para-hydroxylation sites is 1. The van der Waals surface area contributed by atoms with Crippen LogP contribution >= 0.6 is 0 Å². The summed E-state index contributed by atoms with van der Waals surface area (Å²) in [6.07, 6.45) is 0.466. The number of rotatable bonds is 2. The molecule has 1 fully saturated rings. The summed E-state index contributed by atoms with van der Waals surface area (Å²) in [6.45, 7) is 0. The van der Waals surface area contributed by atoms with Crippen LogP contribution in [0.5, 0.6) is 5.75 Å². The van der Waals surface area contributed by atoms with Crippen molar-refractivity contribution >= 4 is 20.9 Å². The number of hydrogen-bond acceptors (Lipinski definition) is 4. The molecule has 2 heterocycles.